The zero-order valence-corrected chi connectivity index (χ0v) is 16.5. The third-order valence-corrected chi connectivity index (χ3v) is 6.29. The second kappa shape index (κ2) is 7.94. The molecule has 0 spiro atoms. The zero-order chi connectivity index (χ0) is 18.7. The van der Waals surface area contributed by atoms with Crippen LogP contribution in [0.1, 0.15) is 25.7 Å². The van der Waals surface area contributed by atoms with Crippen LogP contribution in [0.5, 0.6) is 11.5 Å². The van der Waals surface area contributed by atoms with Gasteiger partial charge in [-0.1, -0.05) is 23.2 Å². The molecule has 2 aromatic carbocycles. The van der Waals surface area contributed by atoms with Crippen LogP contribution in [0.2, 0.25) is 10.0 Å². The largest absolute Gasteiger partial charge is 0.493 e. The maximum absolute atomic E-state index is 12.6. The van der Waals surface area contributed by atoms with Gasteiger partial charge in [0.15, 0.2) is 11.5 Å². The minimum Gasteiger partial charge on any atom is -0.493 e. The summed E-state index contributed by atoms with van der Waals surface area (Å²) in [5, 5.41) is 0.423. The minimum absolute atomic E-state index is 0.0438. The van der Waals surface area contributed by atoms with Gasteiger partial charge in [0.05, 0.1) is 23.9 Å². The third kappa shape index (κ3) is 4.37. The van der Waals surface area contributed by atoms with Gasteiger partial charge in [-0.25, -0.2) is 8.42 Å². The van der Waals surface area contributed by atoms with E-state index in [1.165, 1.54) is 18.2 Å². The molecule has 0 atom stereocenters. The Morgan fingerprint density at radius 3 is 2.42 bits per heavy atom. The first kappa shape index (κ1) is 19.1. The molecule has 0 saturated heterocycles. The third-order valence-electron chi connectivity index (χ3n) is 4.20. The SMILES string of the molecule is COc1ccc(NS(=O)(=O)c2ccc(Cl)cc2Cl)cc1OC1CCCC1. The van der Waals surface area contributed by atoms with Crippen molar-refractivity contribution >= 4 is 38.9 Å². The molecular weight excluding hydrogens is 397 g/mol. The Morgan fingerprint density at radius 1 is 1.04 bits per heavy atom. The number of hydrogen-bond donors (Lipinski definition) is 1. The smallest absolute Gasteiger partial charge is 0.263 e. The zero-order valence-electron chi connectivity index (χ0n) is 14.2. The molecule has 0 amide bonds. The van der Waals surface area contributed by atoms with Gasteiger partial charge in [-0.15, -0.1) is 0 Å². The first-order chi connectivity index (χ1) is 12.4. The van der Waals surface area contributed by atoms with Crippen molar-refractivity contribution in [3.8, 4) is 11.5 Å². The summed E-state index contributed by atoms with van der Waals surface area (Å²) in [6, 6.07) is 9.14. The Morgan fingerprint density at radius 2 is 1.77 bits per heavy atom. The monoisotopic (exact) mass is 415 g/mol. The summed E-state index contributed by atoms with van der Waals surface area (Å²) in [4.78, 5) is -0.0438. The predicted molar refractivity (Wildman–Crippen MR) is 103 cm³/mol. The van der Waals surface area contributed by atoms with Crippen LogP contribution in [0.4, 0.5) is 5.69 Å². The number of halogens is 2. The molecule has 0 unspecified atom stereocenters. The van der Waals surface area contributed by atoms with Gasteiger partial charge in [0.25, 0.3) is 10.0 Å². The van der Waals surface area contributed by atoms with Crippen molar-refractivity contribution in [2.45, 2.75) is 36.7 Å². The highest BCUT2D eigenvalue weighted by Crippen LogP contribution is 2.35. The average Bonchev–Trinajstić information content (AvgIpc) is 3.07. The van der Waals surface area contributed by atoms with E-state index in [0.717, 1.165) is 25.7 Å². The van der Waals surface area contributed by atoms with Gasteiger partial charge in [0.1, 0.15) is 4.90 Å². The lowest BCUT2D eigenvalue weighted by Gasteiger charge is -2.17. The lowest BCUT2D eigenvalue weighted by molar-refractivity contribution is 0.201. The molecule has 2 aromatic rings. The van der Waals surface area contributed by atoms with Crippen molar-refractivity contribution in [1.82, 2.24) is 0 Å². The number of nitrogens with one attached hydrogen (secondary N) is 1. The molecule has 8 heteroatoms. The molecule has 1 fully saturated rings. The van der Waals surface area contributed by atoms with Crippen LogP contribution in [-0.2, 0) is 10.0 Å². The summed E-state index contributed by atoms with van der Waals surface area (Å²) < 4.78 is 39.1. The molecule has 1 aliphatic rings. The van der Waals surface area contributed by atoms with Crippen molar-refractivity contribution in [1.29, 1.82) is 0 Å². The van der Waals surface area contributed by atoms with Gasteiger partial charge >= 0.3 is 0 Å². The Bertz CT molecular complexity index is 896. The van der Waals surface area contributed by atoms with Crippen molar-refractivity contribution in [2.24, 2.45) is 0 Å². The van der Waals surface area contributed by atoms with Crippen LogP contribution >= 0.6 is 23.2 Å². The fourth-order valence-electron chi connectivity index (χ4n) is 2.92. The van der Waals surface area contributed by atoms with E-state index in [1.807, 2.05) is 0 Å². The molecule has 0 aromatic heterocycles. The number of hydrogen-bond acceptors (Lipinski definition) is 4. The lowest BCUT2D eigenvalue weighted by Crippen LogP contribution is -2.15. The predicted octanol–water partition coefficient (Wildman–Crippen LogP) is 5.12. The van der Waals surface area contributed by atoms with E-state index in [9.17, 15) is 8.42 Å². The van der Waals surface area contributed by atoms with Crippen molar-refractivity contribution < 1.29 is 17.9 Å². The van der Waals surface area contributed by atoms with Crippen molar-refractivity contribution in [2.75, 3.05) is 11.8 Å². The minimum atomic E-state index is -3.86. The summed E-state index contributed by atoms with van der Waals surface area (Å²) in [7, 11) is -2.31. The van der Waals surface area contributed by atoms with Crippen molar-refractivity contribution in [3.05, 3.63) is 46.4 Å². The van der Waals surface area contributed by atoms with Crippen LogP contribution in [0, 0.1) is 0 Å². The van der Waals surface area contributed by atoms with Gasteiger partial charge in [-0.3, -0.25) is 4.72 Å². The molecule has 0 bridgehead atoms. The fraction of sp³-hybridized carbons (Fsp3) is 0.333. The highest BCUT2D eigenvalue weighted by Gasteiger charge is 2.21. The lowest BCUT2D eigenvalue weighted by atomic mass is 10.2. The van der Waals surface area contributed by atoms with Gasteiger partial charge in [-0.2, -0.15) is 0 Å². The summed E-state index contributed by atoms with van der Waals surface area (Å²) in [6.45, 7) is 0. The summed E-state index contributed by atoms with van der Waals surface area (Å²) in [5.74, 6) is 1.08. The Labute approximate surface area is 163 Å². The highest BCUT2D eigenvalue weighted by molar-refractivity contribution is 7.92. The number of sulfonamides is 1. The summed E-state index contributed by atoms with van der Waals surface area (Å²) >= 11 is 11.9. The molecule has 5 nitrogen and oxygen atoms in total. The molecule has 0 radical (unpaired) electrons. The topological polar surface area (TPSA) is 64.6 Å². The number of methoxy groups -OCH3 is 1. The molecular formula is C18H19Cl2NO4S. The molecule has 3 rings (SSSR count). The van der Waals surface area contributed by atoms with Crippen LogP contribution in [-0.4, -0.2) is 21.6 Å². The van der Waals surface area contributed by atoms with E-state index in [1.54, 1.807) is 25.3 Å². The maximum Gasteiger partial charge on any atom is 0.263 e. The van der Waals surface area contributed by atoms with Crippen LogP contribution < -0.4 is 14.2 Å². The summed E-state index contributed by atoms with van der Waals surface area (Å²) in [5.41, 5.74) is 0.366. The van der Waals surface area contributed by atoms with E-state index in [2.05, 4.69) is 4.72 Å². The highest BCUT2D eigenvalue weighted by atomic mass is 35.5. The molecule has 140 valence electrons. The van der Waals surface area contributed by atoms with Gasteiger partial charge < -0.3 is 9.47 Å². The fourth-order valence-corrected chi connectivity index (χ4v) is 4.74. The van der Waals surface area contributed by atoms with Gasteiger partial charge in [0, 0.05) is 11.1 Å². The van der Waals surface area contributed by atoms with E-state index in [-0.39, 0.29) is 16.0 Å². The molecule has 0 heterocycles. The number of benzene rings is 2. The molecule has 26 heavy (non-hydrogen) atoms. The molecule has 1 aliphatic carbocycles. The average molecular weight is 416 g/mol. The van der Waals surface area contributed by atoms with Crippen molar-refractivity contribution in [3.63, 3.8) is 0 Å². The Hall–Kier alpha value is -1.63. The second-order valence-corrected chi connectivity index (χ2v) is 8.56. The molecule has 0 aliphatic heterocycles. The second-order valence-electron chi connectivity index (χ2n) is 6.07. The standard InChI is InChI=1S/C18H19Cl2NO4S/c1-24-16-8-7-13(11-17(16)25-14-4-2-3-5-14)21-26(22,23)18-9-6-12(19)10-15(18)20/h6-11,14,21H,2-5H2,1H3. The Balaban J connectivity index is 1.86. The maximum atomic E-state index is 12.6. The first-order valence-electron chi connectivity index (χ1n) is 8.21. The molecule has 1 N–H and O–H groups in total. The quantitative estimate of drug-likeness (QED) is 0.710. The van der Waals surface area contributed by atoms with Crippen LogP contribution in [0.3, 0.4) is 0 Å². The molecule has 1 saturated carbocycles. The van der Waals surface area contributed by atoms with E-state index < -0.39 is 10.0 Å². The van der Waals surface area contributed by atoms with Gasteiger partial charge in [-0.05, 0) is 56.0 Å². The number of ether oxygens (including phenoxy) is 2. The first-order valence-corrected chi connectivity index (χ1v) is 10.5. The normalized spacial score (nSPS) is 15.0. The number of rotatable bonds is 6. The van der Waals surface area contributed by atoms with Gasteiger partial charge in [0.2, 0.25) is 0 Å². The summed E-state index contributed by atoms with van der Waals surface area (Å²) in [6.07, 6.45) is 4.36. The van der Waals surface area contributed by atoms with E-state index >= 15 is 0 Å². The number of anilines is 1. The Kier molecular flexibility index (Phi) is 5.85. The van der Waals surface area contributed by atoms with Crippen LogP contribution in [0.15, 0.2) is 41.3 Å². The van der Waals surface area contributed by atoms with E-state index in [0.29, 0.717) is 22.2 Å². The van der Waals surface area contributed by atoms with Crippen LogP contribution in [0.25, 0.3) is 0 Å². The van der Waals surface area contributed by atoms with E-state index in [4.69, 9.17) is 32.7 Å².